The van der Waals surface area contributed by atoms with E-state index in [0.29, 0.717) is 16.9 Å². The molecule has 3 aromatic rings. The maximum Gasteiger partial charge on any atom is 0.337 e. The number of aliphatic hydroxyl groups is 1. The van der Waals surface area contributed by atoms with Crippen LogP contribution < -0.4 is 4.74 Å². The SMILES string of the molecule is COC(=O)c1ccc([C@H]2C(c3ccccc3)=C(O)C(=O)N2Cc2cccc(OC)c2)cc1. The molecule has 1 atom stereocenters. The number of rotatable bonds is 6. The van der Waals surface area contributed by atoms with E-state index in [1.54, 1.807) is 36.3 Å². The number of amides is 1. The average Bonchev–Trinajstić information content (AvgIpc) is 3.09. The average molecular weight is 429 g/mol. The standard InChI is InChI=1S/C26H23NO5/c1-31-21-10-6-7-17(15-21)16-27-23(19-11-13-20(14-12-19)26(30)32-2)22(24(28)25(27)29)18-8-4-3-5-9-18/h3-15,23,28H,16H2,1-2H3/t23-/m0/s1. The first kappa shape index (κ1) is 21.2. The van der Waals surface area contributed by atoms with Crippen LogP contribution in [0.25, 0.3) is 5.57 Å². The molecule has 6 heteroatoms. The van der Waals surface area contributed by atoms with E-state index in [1.165, 1.54) is 7.11 Å². The third-order valence-corrected chi connectivity index (χ3v) is 5.52. The minimum atomic E-state index is -0.525. The van der Waals surface area contributed by atoms with Crippen LogP contribution in [-0.4, -0.2) is 36.1 Å². The molecule has 162 valence electrons. The molecule has 32 heavy (non-hydrogen) atoms. The third-order valence-electron chi connectivity index (χ3n) is 5.52. The van der Waals surface area contributed by atoms with Crippen molar-refractivity contribution in [3.8, 4) is 5.75 Å². The largest absolute Gasteiger partial charge is 0.503 e. The van der Waals surface area contributed by atoms with Gasteiger partial charge in [0.2, 0.25) is 0 Å². The molecule has 1 N–H and O–H groups in total. The number of hydrogen-bond acceptors (Lipinski definition) is 5. The molecule has 0 saturated carbocycles. The van der Waals surface area contributed by atoms with Gasteiger partial charge in [0, 0.05) is 12.1 Å². The number of esters is 1. The van der Waals surface area contributed by atoms with Gasteiger partial charge < -0.3 is 19.5 Å². The number of carbonyl (C=O) groups is 2. The Kier molecular flexibility index (Phi) is 5.94. The fraction of sp³-hybridized carbons (Fsp3) is 0.154. The van der Waals surface area contributed by atoms with Gasteiger partial charge in [-0.25, -0.2) is 4.79 Å². The summed E-state index contributed by atoms with van der Waals surface area (Å²) >= 11 is 0. The van der Waals surface area contributed by atoms with Crippen molar-refractivity contribution in [2.45, 2.75) is 12.6 Å². The van der Waals surface area contributed by atoms with Gasteiger partial charge in [0.1, 0.15) is 5.75 Å². The summed E-state index contributed by atoms with van der Waals surface area (Å²) in [5.41, 5.74) is 3.35. The van der Waals surface area contributed by atoms with Crippen LogP contribution in [0, 0.1) is 0 Å². The maximum absolute atomic E-state index is 13.2. The lowest BCUT2D eigenvalue weighted by molar-refractivity contribution is -0.130. The second-order valence-electron chi connectivity index (χ2n) is 7.43. The molecular formula is C26H23NO5. The Morgan fingerprint density at radius 2 is 1.69 bits per heavy atom. The van der Waals surface area contributed by atoms with Gasteiger partial charge in [-0.2, -0.15) is 0 Å². The van der Waals surface area contributed by atoms with Crippen molar-refractivity contribution in [3.63, 3.8) is 0 Å². The molecule has 4 rings (SSSR count). The molecule has 0 radical (unpaired) electrons. The quantitative estimate of drug-likeness (QED) is 0.583. The minimum absolute atomic E-state index is 0.277. The lowest BCUT2D eigenvalue weighted by Gasteiger charge is -2.27. The van der Waals surface area contributed by atoms with Gasteiger partial charge in [-0.1, -0.05) is 54.6 Å². The van der Waals surface area contributed by atoms with E-state index in [4.69, 9.17) is 9.47 Å². The van der Waals surface area contributed by atoms with Crippen LogP contribution in [0.2, 0.25) is 0 Å². The minimum Gasteiger partial charge on any atom is -0.503 e. The highest BCUT2D eigenvalue weighted by Gasteiger charge is 2.41. The molecule has 1 heterocycles. The van der Waals surface area contributed by atoms with E-state index in [0.717, 1.165) is 16.7 Å². The fourth-order valence-electron chi connectivity index (χ4n) is 3.96. The van der Waals surface area contributed by atoms with E-state index in [1.807, 2.05) is 54.6 Å². The zero-order valence-electron chi connectivity index (χ0n) is 17.8. The predicted octanol–water partition coefficient (Wildman–Crippen LogP) is 4.53. The van der Waals surface area contributed by atoms with E-state index in [-0.39, 0.29) is 12.3 Å². The van der Waals surface area contributed by atoms with Gasteiger partial charge in [0.15, 0.2) is 5.76 Å². The number of benzene rings is 3. The Bertz CT molecular complexity index is 1170. The molecule has 0 spiro atoms. The first-order valence-corrected chi connectivity index (χ1v) is 10.1. The van der Waals surface area contributed by atoms with Crippen molar-refractivity contribution in [2.75, 3.05) is 14.2 Å². The molecule has 1 amide bonds. The van der Waals surface area contributed by atoms with Crippen LogP contribution in [0.5, 0.6) is 5.75 Å². The molecule has 0 aliphatic carbocycles. The second-order valence-corrected chi connectivity index (χ2v) is 7.43. The number of methoxy groups -OCH3 is 2. The van der Waals surface area contributed by atoms with Crippen LogP contribution in [0.1, 0.15) is 33.1 Å². The smallest absolute Gasteiger partial charge is 0.337 e. The molecule has 1 aliphatic rings. The Morgan fingerprint density at radius 3 is 2.34 bits per heavy atom. The van der Waals surface area contributed by atoms with E-state index < -0.39 is 17.9 Å². The van der Waals surface area contributed by atoms with E-state index in [9.17, 15) is 14.7 Å². The fourth-order valence-corrected chi connectivity index (χ4v) is 3.96. The summed E-state index contributed by atoms with van der Waals surface area (Å²) < 4.78 is 10.1. The molecular weight excluding hydrogens is 406 g/mol. The van der Waals surface area contributed by atoms with Gasteiger partial charge in [0.05, 0.1) is 25.8 Å². The summed E-state index contributed by atoms with van der Waals surface area (Å²) in [6, 6.07) is 23.2. The van der Waals surface area contributed by atoms with Crippen molar-refractivity contribution >= 4 is 17.4 Å². The van der Waals surface area contributed by atoms with Crippen LogP contribution in [-0.2, 0) is 16.1 Å². The maximum atomic E-state index is 13.2. The zero-order valence-corrected chi connectivity index (χ0v) is 17.8. The molecule has 0 aromatic heterocycles. The Morgan fingerprint density at radius 1 is 0.969 bits per heavy atom. The van der Waals surface area contributed by atoms with Gasteiger partial charge in [0.25, 0.3) is 5.91 Å². The molecule has 6 nitrogen and oxygen atoms in total. The third kappa shape index (κ3) is 3.95. The van der Waals surface area contributed by atoms with Crippen molar-refractivity contribution in [3.05, 3.63) is 107 Å². The Balaban J connectivity index is 1.78. The summed E-state index contributed by atoms with van der Waals surface area (Å²) in [6.07, 6.45) is 0. The number of nitrogens with zero attached hydrogens (tertiary/aromatic N) is 1. The first-order valence-electron chi connectivity index (χ1n) is 10.1. The summed E-state index contributed by atoms with van der Waals surface area (Å²) in [5, 5.41) is 10.9. The molecule has 0 fully saturated rings. The van der Waals surface area contributed by atoms with Gasteiger partial charge in [-0.15, -0.1) is 0 Å². The van der Waals surface area contributed by atoms with Crippen LogP contribution in [0.15, 0.2) is 84.6 Å². The van der Waals surface area contributed by atoms with Crippen molar-refractivity contribution < 1.29 is 24.2 Å². The lowest BCUT2D eigenvalue weighted by atomic mass is 9.93. The number of hydrogen-bond donors (Lipinski definition) is 1. The molecule has 1 aliphatic heterocycles. The first-order chi connectivity index (χ1) is 15.5. The van der Waals surface area contributed by atoms with E-state index >= 15 is 0 Å². The highest BCUT2D eigenvalue weighted by Crippen LogP contribution is 2.43. The lowest BCUT2D eigenvalue weighted by Crippen LogP contribution is -2.29. The normalized spacial score (nSPS) is 15.8. The Labute approximate surface area is 186 Å². The number of carbonyl (C=O) groups excluding carboxylic acids is 2. The van der Waals surface area contributed by atoms with Gasteiger partial charge in [-0.05, 0) is 41.0 Å². The number of ether oxygens (including phenoxy) is 2. The highest BCUT2D eigenvalue weighted by atomic mass is 16.5. The molecule has 3 aromatic carbocycles. The van der Waals surface area contributed by atoms with Crippen molar-refractivity contribution in [2.24, 2.45) is 0 Å². The molecule has 0 saturated heterocycles. The summed E-state index contributed by atoms with van der Waals surface area (Å²) in [6.45, 7) is 0.278. The predicted molar refractivity (Wildman–Crippen MR) is 120 cm³/mol. The Hall–Kier alpha value is -4.06. The summed E-state index contributed by atoms with van der Waals surface area (Å²) in [4.78, 5) is 26.6. The summed E-state index contributed by atoms with van der Waals surface area (Å²) in [7, 11) is 2.92. The van der Waals surface area contributed by atoms with Gasteiger partial charge in [-0.3, -0.25) is 4.79 Å². The van der Waals surface area contributed by atoms with Crippen molar-refractivity contribution in [1.29, 1.82) is 0 Å². The van der Waals surface area contributed by atoms with Crippen LogP contribution >= 0.6 is 0 Å². The topological polar surface area (TPSA) is 76.1 Å². The second kappa shape index (κ2) is 8.98. The van der Waals surface area contributed by atoms with Crippen molar-refractivity contribution in [1.82, 2.24) is 4.90 Å². The van der Waals surface area contributed by atoms with Crippen LogP contribution in [0.3, 0.4) is 0 Å². The monoisotopic (exact) mass is 429 g/mol. The molecule has 0 unspecified atom stereocenters. The summed E-state index contributed by atoms with van der Waals surface area (Å²) in [5.74, 6) is -0.475. The van der Waals surface area contributed by atoms with E-state index in [2.05, 4.69) is 0 Å². The highest BCUT2D eigenvalue weighted by molar-refractivity contribution is 6.05. The van der Waals surface area contributed by atoms with Gasteiger partial charge >= 0.3 is 5.97 Å². The molecule has 0 bridgehead atoms. The van der Waals surface area contributed by atoms with Crippen LogP contribution in [0.4, 0.5) is 0 Å². The zero-order chi connectivity index (χ0) is 22.7. The number of aliphatic hydroxyl groups excluding tert-OH is 1.